The molecule has 1 atom stereocenters. The third-order valence-electron chi connectivity index (χ3n) is 5.02. The number of hydrogen-bond donors (Lipinski definition) is 1. The second kappa shape index (κ2) is 11.4. The van der Waals surface area contributed by atoms with Gasteiger partial charge in [-0.25, -0.2) is 0 Å². The summed E-state index contributed by atoms with van der Waals surface area (Å²) in [4.78, 5) is 28.0. The predicted molar refractivity (Wildman–Crippen MR) is 118 cm³/mol. The van der Waals surface area contributed by atoms with Gasteiger partial charge in [0, 0.05) is 25.9 Å². The topological polar surface area (TPSA) is 49.4 Å². The molecule has 0 saturated heterocycles. The van der Waals surface area contributed by atoms with Gasteiger partial charge in [0.15, 0.2) is 0 Å². The molecule has 0 radical (unpaired) electrons. The number of carbonyl (C=O) groups excluding carboxylic acids is 2. The van der Waals surface area contributed by atoms with Crippen molar-refractivity contribution in [2.24, 2.45) is 5.92 Å². The highest BCUT2D eigenvalue weighted by Crippen LogP contribution is 2.18. The molecule has 156 valence electrons. The van der Waals surface area contributed by atoms with Crippen LogP contribution in [-0.2, 0) is 22.6 Å². The summed E-state index contributed by atoms with van der Waals surface area (Å²) in [5.74, 6) is 0.296. The number of rotatable bonds is 10. The Morgan fingerprint density at radius 3 is 2.28 bits per heavy atom. The van der Waals surface area contributed by atoms with E-state index in [1.807, 2.05) is 68.4 Å². The molecule has 0 fully saturated rings. The van der Waals surface area contributed by atoms with Gasteiger partial charge >= 0.3 is 0 Å². The zero-order valence-electron chi connectivity index (χ0n) is 18.2. The zero-order valence-corrected chi connectivity index (χ0v) is 18.2. The van der Waals surface area contributed by atoms with Crippen molar-refractivity contribution in [3.63, 3.8) is 0 Å². The Labute approximate surface area is 175 Å². The SMILES string of the molecule is CCCC(=O)N(Cc1ccccc1C)[C@@H](Cc1ccccc1)C(=O)NCC(C)C. The fourth-order valence-electron chi connectivity index (χ4n) is 3.30. The lowest BCUT2D eigenvalue weighted by atomic mass is 10.0. The van der Waals surface area contributed by atoms with Gasteiger partial charge in [0.25, 0.3) is 0 Å². The molecule has 0 spiro atoms. The van der Waals surface area contributed by atoms with Crippen molar-refractivity contribution in [1.82, 2.24) is 10.2 Å². The van der Waals surface area contributed by atoms with Gasteiger partial charge in [-0.2, -0.15) is 0 Å². The van der Waals surface area contributed by atoms with Gasteiger partial charge in [-0.1, -0.05) is 75.4 Å². The van der Waals surface area contributed by atoms with Crippen molar-refractivity contribution in [3.8, 4) is 0 Å². The molecule has 0 unspecified atom stereocenters. The maximum atomic E-state index is 13.2. The maximum Gasteiger partial charge on any atom is 0.243 e. The number of benzene rings is 2. The third kappa shape index (κ3) is 7.04. The van der Waals surface area contributed by atoms with E-state index in [1.54, 1.807) is 4.90 Å². The monoisotopic (exact) mass is 394 g/mol. The summed E-state index contributed by atoms with van der Waals surface area (Å²) in [5.41, 5.74) is 3.26. The summed E-state index contributed by atoms with van der Waals surface area (Å²) in [7, 11) is 0. The molecule has 2 aromatic carbocycles. The average Bonchev–Trinajstić information content (AvgIpc) is 2.71. The molecule has 2 aromatic rings. The van der Waals surface area contributed by atoms with Crippen molar-refractivity contribution in [1.29, 1.82) is 0 Å². The van der Waals surface area contributed by atoms with E-state index in [0.29, 0.717) is 31.8 Å². The van der Waals surface area contributed by atoms with Crippen molar-refractivity contribution in [2.75, 3.05) is 6.54 Å². The highest BCUT2D eigenvalue weighted by Gasteiger charge is 2.30. The standard InChI is InChI=1S/C25H34N2O2/c1-5-11-24(28)27(18-22-15-10-9-12-20(22)4)23(25(29)26-17-19(2)3)16-21-13-7-6-8-14-21/h6-10,12-15,19,23H,5,11,16-18H2,1-4H3,(H,26,29)/t23-/m0/s1. The molecule has 0 aromatic heterocycles. The molecule has 0 bridgehead atoms. The van der Waals surface area contributed by atoms with Crippen LogP contribution in [0.15, 0.2) is 54.6 Å². The predicted octanol–water partition coefficient (Wildman–Crippen LogP) is 4.51. The molecule has 0 aliphatic heterocycles. The summed E-state index contributed by atoms with van der Waals surface area (Å²) in [6.07, 6.45) is 1.70. The van der Waals surface area contributed by atoms with Gasteiger partial charge in [-0.05, 0) is 36.0 Å². The minimum absolute atomic E-state index is 0.0244. The Bertz CT molecular complexity index is 786. The lowest BCUT2D eigenvalue weighted by molar-refractivity contribution is -0.141. The fraction of sp³-hybridized carbons (Fsp3) is 0.440. The summed E-state index contributed by atoms with van der Waals surface area (Å²) >= 11 is 0. The van der Waals surface area contributed by atoms with Crippen LogP contribution < -0.4 is 5.32 Å². The summed E-state index contributed by atoms with van der Waals surface area (Å²) in [5, 5.41) is 3.05. The number of hydrogen-bond acceptors (Lipinski definition) is 2. The highest BCUT2D eigenvalue weighted by molar-refractivity contribution is 5.88. The molecule has 2 amide bonds. The van der Waals surface area contributed by atoms with E-state index >= 15 is 0 Å². The largest absolute Gasteiger partial charge is 0.354 e. The van der Waals surface area contributed by atoms with Gasteiger partial charge in [0.1, 0.15) is 6.04 Å². The number of amides is 2. The first kappa shape index (κ1) is 22.7. The molecule has 4 heteroatoms. The molecule has 0 heterocycles. The summed E-state index contributed by atoms with van der Waals surface area (Å²) in [6.45, 7) is 9.22. The van der Waals surface area contributed by atoms with E-state index in [0.717, 1.165) is 23.1 Å². The molecule has 2 rings (SSSR count). The Hall–Kier alpha value is -2.62. The molecule has 0 aliphatic carbocycles. The number of aryl methyl sites for hydroxylation is 1. The maximum absolute atomic E-state index is 13.2. The molecule has 0 saturated carbocycles. The fourth-order valence-corrected chi connectivity index (χ4v) is 3.30. The van der Waals surface area contributed by atoms with Crippen LogP contribution in [0.1, 0.15) is 50.3 Å². The second-order valence-corrected chi connectivity index (χ2v) is 8.04. The molecule has 29 heavy (non-hydrogen) atoms. The van der Waals surface area contributed by atoms with Crippen LogP contribution in [0.5, 0.6) is 0 Å². The number of carbonyl (C=O) groups is 2. The second-order valence-electron chi connectivity index (χ2n) is 8.04. The highest BCUT2D eigenvalue weighted by atomic mass is 16.2. The molecular weight excluding hydrogens is 360 g/mol. The van der Waals surface area contributed by atoms with Gasteiger partial charge in [-0.15, -0.1) is 0 Å². The molecule has 4 nitrogen and oxygen atoms in total. The van der Waals surface area contributed by atoms with Crippen LogP contribution in [0.2, 0.25) is 0 Å². The van der Waals surface area contributed by atoms with Gasteiger partial charge < -0.3 is 10.2 Å². The van der Waals surface area contributed by atoms with E-state index in [2.05, 4.69) is 19.2 Å². The zero-order chi connectivity index (χ0) is 21.2. The van der Waals surface area contributed by atoms with E-state index in [-0.39, 0.29) is 11.8 Å². The van der Waals surface area contributed by atoms with Crippen LogP contribution in [-0.4, -0.2) is 29.3 Å². The first-order valence-corrected chi connectivity index (χ1v) is 10.6. The van der Waals surface area contributed by atoms with Crippen LogP contribution in [0.3, 0.4) is 0 Å². The van der Waals surface area contributed by atoms with E-state index in [9.17, 15) is 9.59 Å². The van der Waals surface area contributed by atoms with Crippen molar-refractivity contribution in [3.05, 3.63) is 71.3 Å². The van der Waals surface area contributed by atoms with Crippen LogP contribution in [0.25, 0.3) is 0 Å². The van der Waals surface area contributed by atoms with Crippen LogP contribution in [0, 0.1) is 12.8 Å². The van der Waals surface area contributed by atoms with Crippen molar-refractivity contribution < 1.29 is 9.59 Å². The number of nitrogens with zero attached hydrogens (tertiary/aromatic N) is 1. The lowest BCUT2D eigenvalue weighted by Crippen LogP contribution is -2.51. The normalized spacial score (nSPS) is 11.9. The van der Waals surface area contributed by atoms with Crippen molar-refractivity contribution >= 4 is 11.8 Å². The Morgan fingerprint density at radius 2 is 1.66 bits per heavy atom. The van der Waals surface area contributed by atoms with Crippen LogP contribution in [0.4, 0.5) is 0 Å². The third-order valence-corrected chi connectivity index (χ3v) is 5.02. The quantitative estimate of drug-likeness (QED) is 0.645. The molecule has 0 aliphatic rings. The lowest BCUT2D eigenvalue weighted by Gasteiger charge is -2.32. The van der Waals surface area contributed by atoms with Gasteiger partial charge in [-0.3, -0.25) is 9.59 Å². The molecular formula is C25H34N2O2. The smallest absolute Gasteiger partial charge is 0.243 e. The number of nitrogens with one attached hydrogen (secondary N) is 1. The summed E-state index contributed by atoms with van der Waals surface area (Å²) < 4.78 is 0. The minimum Gasteiger partial charge on any atom is -0.354 e. The van der Waals surface area contributed by atoms with E-state index in [4.69, 9.17) is 0 Å². The van der Waals surface area contributed by atoms with E-state index in [1.165, 1.54) is 0 Å². The average molecular weight is 395 g/mol. The minimum atomic E-state index is -0.533. The first-order valence-electron chi connectivity index (χ1n) is 10.6. The van der Waals surface area contributed by atoms with Gasteiger partial charge in [0.2, 0.25) is 11.8 Å². The molecule has 1 N–H and O–H groups in total. The Morgan fingerprint density at radius 1 is 1.00 bits per heavy atom. The van der Waals surface area contributed by atoms with Crippen LogP contribution >= 0.6 is 0 Å². The van der Waals surface area contributed by atoms with Crippen molar-refractivity contribution in [2.45, 2.75) is 59.5 Å². The Kier molecular flexibility index (Phi) is 8.91. The Balaban J connectivity index is 2.36. The first-order chi connectivity index (χ1) is 13.9. The summed E-state index contributed by atoms with van der Waals surface area (Å²) in [6, 6.07) is 17.5. The van der Waals surface area contributed by atoms with E-state index < -0.39 is 6.04 Å². The van der Waals surface area contributed by atoms with Gasteiger partial charge in [0.05, 0.1) is 0 Å².